The van der Waals surface area contributed by atoms with Gasteiger partial charge in [-0.2, -0.15) is 0 Å². The van der Waals surface area contributed by atoms with Crippen molar-refractivity contribution in [2.75, 3.05) is 32.5 Å². The quantitative estimate of drug-likeness (QED) is 0.155. The molecule has 0 aliphatic heterocycles. The molecule has 0 unspecified atom stereocenters. The van der Waals surface area contributed by atoms with Crippen molar-refractivity contribution in [1.29, 1.82) is 0 Å². The highest BCUT2D eigenvalue weighted by atomic mass is 79.9. The Morgan fingerprint density at radius 1 is 0.520 bits per heavy atom. The number of hydrogen-bond donors (Lipinski definition) is 0. The first kappa shape index (κ1) is 27.9. The lowest BCUT2D eigenvalue weighted by Crippen LogP contribution is -3.00. The molecule has 0 heterocycles. The number of alkyl halides is 1. The van der Waals surface area contributed by atoms with E-state index in [9.17, 15) is 0 Å². The van der Waals surface area contributed by atoms with E-state index in [4.69, 9.17) is 0 Å². The zero-order valence-electron chi connectivity index (χ0n) is 17.6. The Morgan fingerprint density at radius 3 is 1.16 bits per heavy atom. The molecule has 0 aromatic carbocycles. The number of quaternary nitrogens is 1. The standard InChI is InChI=1S/C22H47BrN.ClH/c1-4-5-6-7-8-9-10-11-12-13-14-15-16-17-18-19-21-24(2,3)22-20-23;/h4-22H2,1-3H3;1H/q+1;/p-1. The number of nitrogens with zero attached hydrogens (tertiary/aromatic N) is 1. The Hall–Kier alpha value is 0.730. The van der Waals surface area contributed by atoms with E-state index in [2.05, 4.69) is 36.9 Å². The van der Waals surface area contributed by atoms with Crippen LogP contribution in [0.1, 0.15) is 110 Å². The van der Waals surface area contributed by atoms with Gasteiger partial charge in [0, 0.05) is 0 Å². The molecule has 0 saturated heterocycles. The zero-order valence-corrected chi connectivity index (χ0v) is 20.0. The van der Waals surface area contributed by atoms with E-state index in [0.717, 1.165) is 5.33 Å². The molecule has 1 nitrogen and oxygen atoms in total. The van der Waals surface area contributed by atoms with Crippen LogP contribution in [0.25, 0.3) is 0 Å². The average Bonchev–Trinajstić information content (AvgIpc) is 2.54. The van der Waals surface area contributed by atoms with E-state index in [0.29, 0.717) is 0 Å². The van der Waals surface area contributed by atoms with Crippen molar-refractivity contribution in [2.24, 2.45) is 0 Å². The molecule has 0 atom stereocenters. The predicted octanol–water partition coefficient (Wildman–Crippen LogP) is 4.72. The molecule has 0 aliphatic carbocycles. The van der Waals surface area contributed by atoms with Gasteiger partial charge in [0.05, 0.1) is 32.5 Å². The van der Waals surface area contributed by atoms with Crippen molar-refractivity contribution in [2.45, 2.75) is 110 Å². The summed E-state index contributed by atoms with van der Waals surface area (Å²) in [5.41, 5.74) is 0. The van der Waals surface area contributed by atoms with Gasteiger partial charge < -0.3 is 16.9 Å². The molecule has 0 aromatic heterocycles. The first-order valence-corrected chi connectivity index (χ1v) is 12.1. The smallest absolute Gasteiger partial charge is 0.0880 e. The lowest BCUT2D eigenvalue weighted by molar-refractivity contribution is -0.887. The molecule has 0 amide bonds. The average molecular weight is 441 g/mol. The first-order valence-electron chi connectivity index (χ1n) is 11.0. The lowest BCUT2D eigenvalue weighted by Gasteiger charge is -2.29. The summed E-state index contributed by atoms with van der Waals surface area (Å²) in [7, 11) is 4.71. The lowest BCUT2D eigenvalue weighted by atomic mass is 10.0. The van der Waals surface area contributed by atoms with E-state index in [-0.39, 0.29) is 12.4 Å². The second-order valence-corrected chi connectivity index (χ2v) is 9.17. The summed E-state index contributed by atoms with van der Waals surface area (Å²) in [5.74, 6) is 0. The van der Waals surface area contributed by atoms with Crippen molar-refractivity contribution < 1.29 is 16.9 Å². The van der Waals surface area contributed by atoms with E-state index >= 15 is 0 Å². The minimum atomic E-state index is 0. The zero-order chi connectivity index (χ0) is 17.9. The van der Waals surface area contributed by atoms with Crippen molar-refractivity contribution in [3.05, 3.63) is 0 Å². The van der Waals surface area contributed by atoms with Gasteiger partial charge in [-0.1, -0.05) is 113 Å². The fraction of sp³-hybridized carbons (Fsp3) is 1.00. The summed E-state index contributed by atoms with van der Waals surface area (Å²) in [5, 5.41) is 1.12. The SMILES string of the molecule is CCCCCCCCCCCCCCCCCC[N+](C)(C)CCBr.[Cl-]. The van der Waals surface area contributed by atoms with Crippen LogP contribution in [0.3, 0.4) is 0 Å². The Balaban J connectivity index is 0. The maximum absolute atomic E-state index is 3.56. The van der Waals surface area contributed by atoms with Crippen molar-refractivity contribution in [3.8, 4) is 0 Å². The van der Waals surface area contributed by atoms with Crippen LogP contribution in [0.15, 0.2) is 0 Å². The van der Waals surface area contributed by atoms with Gasteiger partial charge in [-0.3, -0.25) is 0 Å². The highest BCUT2D eigenvalue weighted by Gasteiger charge is 2.12. The normalized spacial score (nSPS) is 11.5. The van der Waals surface area contributed by atoms with Crippen molar-refractivity contribution >= 4 is 15.9 Å². The Kier molecular flexibility index (Phi) is 23.5. The highest BCUT2D eigenvalue weighted by molar-refractivity contribution is 9.09. The van der Waals surface area contributed by atoms with Gasteiger partial charge in [-0.15, -0.1) is 0 Å². The fourth-order valence-electron chi connectivity index (χ4n) is 3.43. The topological polar surface area (TPSA) is 0 Å². The Labute approximate surface area is 174 Å². The summed E-state index contributed by atoms with van der Waals surface area (Å²) in [6, 6.07) is 0. The van der Waals surface area contributed by atoms with Gasteiger partial charge in [0.2, 0.25) is 0 Å². The minimum Gasteiger partial charge on any atom is -1.00 e. The third-order valence-electron chi connectivity index (χ3n) is 5.31. The van der Waals surface area contributed by atoms with Gasteiger partial charge in [-0.05, 0) is 12.8 Å². The highest BCUT2D eigenvalue weighted by Crippen LogP contribution is 2.14. The van der Waals surface area contributed by atoms with Gasteiger partial charge in [0.15, 0.2) is 0 Å². The molecule has 0 radical (unpaired) electrons. The second-order valence-electron chi connectivity index (χ2n) is 8.38. The van der Waals surface area contributed by atoms with E-state index in [1.54, 1.807) is 0 Å². The van der Waals surface area contributed by atoms with Crippen molar-refractivity contribution in [3.63, 3.8) is 0 Å². The fourth-order valence-corrected chi connectivity index (χ4v) is 4.39. The van der Waals surface area contributed by atoms with Crippen LogP contribution in [0.5, 0.6) is 0 Å². The van der Waals surface area contributed by atoms with Crippen LogP contribution in [0.2, 0.25) is 0 Å². The van der Waals surface area contributed by atoms with Gasteiger partial charge in [-0.25, -0.2) is 0 Å². The molecule has 0 rings (SSSR count). The predicted molar refractivity (Wildman–Crippen MR) is 115 cm³/mol. The van der Waals surface area contributed by atoms with Crippen LogP contribution < -0.4 is 12.4 Å². The molecule has 0 spiro atoms. The summed E-state index contributed by atoms with van der Waals surface area (Å²) in [6.45, 7) is 4.88. The number of rotatable bonds is 19. The summed E-state index contributed by atoms with van der Waals surface area (Å²) in [6.07, 6.45) is 23.3. The number of halogens is 2. The molecule has 154 valence electrons. The molecule has 0 aromatic rings. The summed E-state index contributed by atoms with van der Waals surface area (Å²) >= 11 is 3.56. The van der Waals surface area contributed by atoms with Gasteiger partial charge in [0.25, 0.3) is 0 Å². The van der Waals surface area contributed by atoms with Gasteiger partial charge in [0.1, 0.15) is 0 Å². The van der Waals surface area contributed by atoms with E-state index in [1.165, 1.54) is 120 Å². The van der Waals surface area contributed by atoms with Crippen molar-refractivity contribution in [1.82, 2.24) is 0 Å². The van der Waals surface area contributed by atoms with Crippen LogP contribution in [0.4, 0.5) is 0 Å². The van der Waals surface area contributed by atoms with Crippen LogP contribution in [0, 0.1) is 0 Å². The molecule has 0 fully saturated rings. The second kappa shape index (κ2) is 21.0. The maximum Gasteiger partial charge on any atom is 0.0880 e. The van der Waals surface area contributed by atoms with Crippen LogP contribution in [-0.4, -0.2) is 37.0 Å². The largest absolute Gasteiger partial charge is 1.00 e. The molecule has 25 heavy (non-hydrogen) atoms. The van der Waals surface area contributed by atoms with Crippen LogP contribution >= 0.6 is 15.9 Å². The number of unbranched alkanes of at least 4 members (excludes halogenated alkanes) is 15. The van der Waals surface area contributed by atoms with Crippen LogP contribution in [-0.2, 0) is 0 Å². The third kappa shape index (κ3) is 22.7. The third-order valence-corrected chi connectivity index (χ3v) is 5.66. The maximum atomic E-state index is 3.56. The van der Waals surface area contributed by atoms with Gasteiger partial charge >= 0.3 is 0 Å². The molecular formula is C22H47BrClN. The first-order chi connectivity index (χ1) is 11.6. The number of hydrogen-bond acceptors (Lipinski definition) is 0. The Morgan fingerprint density at radius 2 is 0.840 bits per heavy atom. The molecule has 0 aliphatic rings. The molecule has 0 bridgehead atoms. The van der Waals surface area contributed by atoms with E-state index in [1.807, 2.05) is 0 Å². The minimum absolute atomic E-state index is 0. The molecule has 3 heteroatoms. The summed E-state index contributed by atoms with van der Waals surface area (Å²) in [4.78, 5) is 0. The molecule has 0 saturated carbocycles. The molecule has 0 N–H and O–H groups in total. The monoisotopic (exact) mass is 439 g/mol. The van der Waals surface area contributed by atoms with E-state index < -0.39 is 0 Å². The Bertz CT molecular complexity index is 246. The summed E-state index contributed by atoms with van der Waals surface area (Å²) < 4.78 is 1.17. The molecular weight excluding hydrogens is 394 g/mol.